The largest absolute Gasteiger partial charge is 0.330 e. The molecule has 0 aliphatic carbocycles. The molecule has 2 N–H and O–H groups in total. The molecule has 0 aromatic heterocycles. The Morgan fingerprint density at radius 1 is 1.04 bits per heavy atom. The molecule has 0 amide bonds. The second-order valence-electron chi connectivity index (χ2n) is 6.15. The smallest absolute Gasteiger partial charge is 0.243 e. The molecular weight excluding hydrogens is 308 g/mol. The van der Waals surface area contributed by atoms with Crippen LogP contribution in [0.2, 0.25) is 0 Å². The van der Waals surface area contributed by atoms with Crippen molar-refractivity contribution in [1.82, 2.24) is 4.31 Å². The first-order valence-electron chi connectivity index (χ1n) is 7.84. The maximum atomic E-state index is 12.9. The van der Waals surface area contributed by atoms with Gasteiger partial charge in [-0.15, -0.1) is 0 Å². The Hall–Kier alpha value is -1.69. The summed E-state index contributed by atoms with van der Waals surface area (Å²) in [4.78, 5) is 0.354. The van der Waals surface area contributed by atoms with Gasteiger partial charge in [-0.05, 0) is 37.1 Å². The predicted molar refractivity (Wildman–Crippen MR) is 91.7 cm³/mol. The van der Waals surface area contributed by atoms with Crippen molar-refractivity contribution < 1.29 is 8.42 Å². The van der Waals surface area contributed by atoms with Crippen molar-refractivity contribution in [2.24, 2.45) is 11.7 Å². The van der Waals surface area contributed by atoms with Crippen LogP contribution in [0.25, 0.3) is 0 Å². The normalized spacial score (nSPS) is 22.3. The third-order valence-electron chi connectivity index (χ3n) is 4.60. The summed E-state index contributed by atoms with van der Waals surface area (Å²) in [7, 11) is -3.46. The second kappa shape index (κ2) is 6.43. The van der Waals surface area contributed by atoms with Crippen molar-refractivity contribution in [3.63, 3.8) is 0 Å². The van der Waals surface area contributed by atoms with E-state index in [1.165, 1.54) is 0 Å². The van der Waals surface area contributed by atoms with Crippen molar-refractivity contribution in [2.45, 2.75) is 17.7 Å². The zero-order chi connectivity index (χ0) is 16.4. The molecule has 1 saturated heterocycles. The van der Waals surface area contributed by atoms with Gasteiger partial charge in [-0.3, -0.25) is 0 Å². The predicted octanol–water partition coefficient (Wildman–Crippen LogP) is 2.36. The van der Waals surface area contributed by atoms with Crippen LogP contribution < -0.4 is 5.73 Å². The lowest BCUT2D eigenvalue weighted by Gasteiger charge is -2.17. The lowest BCUT2D eigenvalue weighted by atomic mass is 9.89. The molecule has 3 rings (SSSR count). The van der Waals surface area contributed by atoms with E-state index in [1.54, 1.807) is 16.4 Å². The number of nitrogens with zero attached hydrogens (tertiary/aromatic N) is 1. The summed E-state index contributed by atoms with van der Waals surface area (Å²) in [5, 5.41) is 0. The topological polar surface area (TPSA) is 63.4 Å². The molecule has 2 aromatic rings. The number of rotatable bonds is 4. The van der Waals surface area contributed by atoms with E-state index >= 15 is 0 Å². The first-order valence-corrected chi connectivity index (χ1v) is 9.28. The van der Waals surface area contributed by atoms with Crippen LogP contribution in [0.4, 0.5) is 0 Å². The molecule has 1 fully saturated rings. The first-order chi connectivity index (χ1) is 11.0. The molecule has 0 bridgehead atoms. The van der Waals surface area contributed by atoms with Crippen LogP contribution in [0.5, 0.6) is 0 Å². The molecule has 0 unspecified atom stereocenters. The number of nitrogens with two attached hydrogens (primary N) is 1. The van der Waals surface area contributed by atoms with Gasteiger partial charge in [0.05, 0.1) is 4.90 Å². The van der Waals surface area contributed by atoms with E-state index in [-0.39, 0.29) is 11.8 Å². The van der Waals surface area contributed by atoms with Gasteiger partial charge in [-0.1, -0.05) is 48.0 Å². The zero-order valence-corrected chi connectivity index (χ0v) is 14.0. The van der Waals surface area contributed by atoms with Gasteiger partial charge in [0.2, 0.25) is 10.0 Å². The van der Waals surface area contributed by atoms with E-state index in [1.807, 2.05) is 37.3 Å². The van der Waals surface area contributed by atoms with Crippen LogP contribution in [0, 0.1) is 12.8 Å². The lowest BCUT2D eigenvalue weighted by Crippen LogP contribution is -2.30. The van der Waals surface area contributed by atoms with Crippen LogP contribution >= 0.6 is 0 Å². The minimum Gasteiger partial charge on any atom is -0.330 e. The minimum atomic E-state index is -3.46. The fourth-order valence-electron chi connectivity index (χ4n) is 3.20. The first kappa shape index (κ1) is 16.2. The summed E-state index contributed by atoms with van der Waals surface area (Å²) in [5.41, 5.74) is 8.11. The number of sulfonamides is 1. The number of benzene rings is 2. The highest BCUT2D eigenvalue weighted by atomic mass is 32.2. The van der Waals surface area contributed by atoms with Gasteiger partial charge in [0, 0.05) is 19.0 Å². The van der Waals surface area contributed by atoms with Crippen molar-refractivity contribution in [3.05, 3.63) is 65.7 Å². The van der Waals surface area contributed by atoms with Gasteiger partial charge in [0.15, 0.2) is 0 Å². The molecule has 2 aromatic carbocycles. The quantitative estimate of drug-likeness (QED) is 0.936. The maximum absolute atomic E-state index is 12.9. The van der Waals surface area contributed by atoms with Crippen LogP contribution in [0.1, 0.15) is 17.0 Å². The number of hydrogen-bond donors (Lipinski definition) is 1. The molecule has 1 aliphatic heterocycles. The molecule has 5 heteroatoms. The fourth-order valence-corrected chi connectivity index (χ4v) is 4.73. The van der Waals surface area contributed by atoms with E-state index in [2.05, 4.69) is 12.1 Å². The second-order valence-corrected chi connectivity index (χ2v) is 8.09. The third kappa shape index (κ3) is 3.17. The molecule has 0 radical (unpaired) electrons. The zero-order valence-electron chi connectivity index (χ0n) is 13.2. The highest BCUT2D eigenvalue weighted by molar-refractivity contribution is 7.89. The molecular formula is C18H22N2O2S. The molecule has 122 valence electrons. The van der Waals surface area contributed by atoms with Crippen LogP contribution in [-0.2, 0) is 10.0 Å². The van der Waals surface area contributed by atoms with Gasteiger partial charge < -0.3 is 5.73 Å². The Morgan fingerprint density at radius 3 is 2.30 bits per heavy atom. The Labute approximate surface area is 138 Å². The number of aryl methyl sites for hydroxylation is 1. The molecule has 2 atom stereocenters. The van der Waals surface area contributed by atoms with Crippen molar-refractivity contribution in [3.8, 4) is 0 Å². The molecule has 4 nitrogen and oxygen atoms in total. The van der Waals surface area contributed by atoms with E-state index < -0.39 is 10.0 Å². The lowest BCUT2D eigenvalue weighted by molar-refractivity contribution is 0.459. The summed E-state index contributed by atoms with van der Waals surface area (Å²) in [6, 6.07) is 17.1. The molecule has 1 heterocycles. The average Bonchev–Trinajstić information content (AvgIpc) is 3.01. The highest BCUT2D eigenvalue weighted by Crippen LogP contribution is 2.35. The summed E-state index contributed by atoms with van der Waals surface area (Å²) in [6.45, 7) is 3.40. The van der Waals surface area contributed by atoms with E-state index in [4.69, 9.17) is 5.73 Å². The Morgan fingerprint density at radius 2 is 1.70 bits per heavy atom. The van der Waals surface area contributed by atoms with Gasteiger partial charge in [0.25, 0.3) is 0 Å². The van der Waals surface area contributed by atoms with E-state index in [9.17, 15) is 8.42 Å². The van der Waals surface area contributed by atoms with Crippen molar-refractivity contribution in [1.29, 1.82) is 0 Å². The monoisotopic (exact) mass is 330 g/mol. The third-order valence-corrected chi connectivity index (χ3v) is 6.44. The van der Waals surface area contributed by atoms with E-state index in [0.717, 1.165) is 11.1 Å². The minimum absolute atomic E-state index is 0.151. The Bertz CT molecular complexity index is 757. The number of hydrogen-bond acceptors (Lipinski definition) is 3. The van der Waals surface area contributed by atoms with E-state index in [0.29, 0.717) is 24.5 Å². The average molecular weight is 330 g/mol. The summed E-state index contributed by atoms with van der Waals surface area (Å²) >= 11 is 0. The maximum Gasteiger partial charge on any atom is 0.243 e. The SMILES string of the molecule is Cc1ccc(S(=O)(=O)N2C[C@@H](CN)[C@H](c3ccccc3)C2)cc1. The standard InChI is InChI=1S/C18H22N2O2S/c1-14-7-9-17(10-8-14)23(21,22)20-12-16(11-19)18(13-20)15-5-3-2-4-6-15/h2-10,16,18H,11-13,19H2,1H3/t16-,18+/m1/s1. The Balaban J connectivity index is 1.88. The van der Waals surface area contributed by atoms with Crippen molar-refractivity contribution in [2.75, 3.05) is 19.6 Å². The summed E-state index contributed by atoms with van der Waals surface area (Å²) < 4.78 is 27.3. The van der Waals surface area contributed by atoms with Crippen LogP contribution in [0.3, 0.4) is 0 Å². The van der Waals surface area contributed by atoms with Gasteiger partial charge in [0.1, 0.15) is 0 Å². The Kier molecular flexibility index (Phi) is 4.53. The van der Waals surface area contributed by atoms with Gasteiger partial charge >= 0.3 is 0 Å². The molecule has 0 spiro atoms. The van der Waals surface area contributed by atoms with Crippen LogP contribution in [0.15, 0.2) is 59.5 Å². The highest BCUT2D eigenvalue weighted by Gasteiger charge is 2.39. The van der Waals surface area contributed by atoms with Gasteiger partial charge in [-0.2, -0.15) is 4.31 Å². The van der Waals surface area contributed by atoms with Crippen molar-refractivity contribution >= 4 is 10.0 Å². The molecule has 1 aliphatic rings. The molecule has 23 heavy (non-hydrogen) atoms. The fraction of sp³-hybridized carbons (Fsp3) is 0.333. The molecule has 0 saturated carbocycles. The summed E-state index contributed by atoms with van der Waals surface area (Å²) in [5.74, 6) is 0.305. The summed E-state index contributed by atoms with van der Waals surface area (Å²) in [6.07, 6.45) is 0. The van der Waals surface area contributed by atoms with Crippen LogP contribution in [-0.4, -0.2) is 32.4 Å². The van der Waals surface area contributed by atoms with Gasteiger partial charge in [-0.25, -0.2) is 8.42 Å².